The van der Waals surface area contributed by atoms with Gasteiger partial charge in [0.25, 0.3) is 0 Å². The number of aliphatic carboxylic acids is 1. The standard InChI is InChI=1S/C34H46N4O8/c1-3-44-30-18-29-25-15-22(28(43-2)17-26(25)35-30)11-8-14-45-23-12-7-13-37(19-23)34(42)36-31(21-9-5-4-6-10-21)32(39)38-20-24(46-29)16-27(38)33(40)41/h15,17-18,21,23-24,27,31H,3-14,16,19-20H2,1-2H3,(H,36,42)(H,40,41)/t23-,24+,27-,31-/m0/s1. The predicted molar refractivity (Wildman–Crippen MR) is 169 cm³/mol. The highest BCUT2D eigenvalue weighted by molar-refractivity contribution is 5.91. The molecule has 1 aromatic heterocycles. The van der Waals surface area contributed by atoms with Crippen molar-refractivity contribution in [2.24, 2.45) is 5.92 Å². The Bertz CT molecular complexity index is 1430. The lowest BCUT2D eigenvalue weighted by Gasteiger charge is -2.37. The molecule has 12 nitrogen and oxygen atoms in total. The van der Waals surface area contributed by atoms with Crippen molar-refractivity contribution in [2.45, 2.75) is 95.4 Å². The molecule has 4 aliphatic rings. The largest absolute Gasteiger partial charge is 0.496 e. The third-order valence-electron chi connectivity index (χ3n) is 9.84. The second-order valence-corrected chi connectivity index (χ2v) is 12.9. The van der Waals surface area contributed by atoms with Crippen LogP contribution in [0.4, 0.5) is 4.79 Å². The lowest BCUT2D eigenvalue weighted by atomic mass is 9.83. The molecule has 1 aromatic carbocycles. The molecule has 2 aromatic rings. The van der Waals surface area contributed by atoms with Gasteiger partial charge in [0.1, 0.15) is 29.7 Å². The number of hydrogen-bond acceptors (Lipinski definition) is 8. The van der Waals surface area contributed by atoms with E-state index < -0.39 is 24.2 Å². The molecule has 1 saturated carbocycles. The molecule has 0 radical (unpaired) electrons. The SMILES string of the molecule is CCOc1cc2c3cc(c(OC)cc3n1)CCCO[C@H]1CCCN(C1)C(=O)N[C@@H](C1CCCCC1)C(=O)N1C[C@@H](C[C@H]1C(=O)O)O2. The quantitative estimate of drug-likeness (QED) is 0.494. The second kappa shape index (κ2) is 14.3. The van der Waals surface area contributed by atoms with E-state index in [1.807, 2.05) is 19.1 Å². The number of pyridine rings is 1. The van der Waals surface area contributed by atoms with Crippen molar-refractivity contribution in [3.05, 3.63) is 23.8 Å². The number of carbonyl (C=O) groups is 3. The normalized spacial score (nSPS) is 26.6. The Labute approximate surface area is 269 Å². The van der Waals surface area contributed by atoms with Gasteiger partial charge in [-0.1, -0.05) is 19.3 Å². The molecule has 250 valence electrons. The number of aromatic nitrogens is 1. The van der Waals surface area contributed by atoms with Crippen molar-refractivity contribution in [2.75, 3.05) is 40.0 Å². The molecule has 1 aliphatic carbocycles. The van der Waals surface area contributed by atoms with Crippen molar-refractivity contribution in [3.8, 4) is 17.4 Å². The van der Waals surface area contributed by atoms with Crippen LogP contribution in [0.5, 0.6) is 17.4 Å². The number of fused-ring (bicyclic) bond motifs is 5. The first-order chi connectivity index (χ1) is 22.3. The molecule has 3 fully saturated rings. The first-order valence-electron chi connectivity index (χ1n) is 16.9. The van der Waals surface area contributed by atoms with Gasteiger partial charge in [-0.2, -0.15) is 0 Å². The van der Waals surface area contributed by atoms with Crippen molar-refractivity contribution in [1.82, 2.24) is 20.1 Å². The Hall–Kier alpha value is -3.80. The van der Waals surface area contributed by atoms with E-state index in [-0.39, 0.29) is 36.9 Å². The van der Waals surface area contributed by atoms with Crippen LogP contribution in [-0.2, 0) is 20.7 Å². The number of carboxylic acid groups (broad SMARTS) is 1. The molecule has 0 unspecified atom stereocenters. The Morgan fingerprint density at radius 3 is 2.65 bits per heavy atom. The van der Waals surface area contributed by atoms with Crippen LogP contribution in [0.25, 0.3) is 10.9 Å². The van der Waals surface area contributed by atoms with Gasteiger partial charge >= 0.3 is 12.0 Å². The molecule has 12 heteroatoms. The van der Waals surface area contributed by atoms with Crippen LogP contribution in [0.1, 0.15) is 70.3 Å². The fraction of sp³-hybridized carbons (Fsp3) is 0.647. The number of benzene rings is 1. The minimum absolute atomic E-state index is 0.0585. The number of piperidine rings is 1. The monoisotopic (exact) mass is 638 g/mol. The van der Waals surface area contributed by atoms with E-state index in [9.17, 15) is 19.5 Å². The number of carbonyl (C=O) groups excluding carboxylic acids is 2. The topological polar surface area (TPSA) is 140 Å². The van der Waals surface area contributed by atoms with Gasteiger partial charge in [0, 0.05) is 43.6 Å². The lowest BCUT2D eigenvalue weighted by molar-refractivity contribution is -0.149. The summed E-state index contributed by atoms with van der Waals surface area (Å²) in [6, 6.07) is 3.44. The number of nitrogens with zero attached hydrogens (tertiary/aromatic N) is 3. The van der Waals surface area contributed by atoms with Crippen LogP contribution in [0.2, 0.25) is 0 Å². The summed E-state index contributed by atoms with van der Waals surface area (Å²) in [6.07, 6.45) is 7.20. The summed E-state index contributed by atoms with van der Waals surface area (Å²) in [5.41, 5.74) is 1.60. The van der Waals surface area contributed by atoms with Gasteiger partial charge in [-0.25, -0.2) is 14.6 Å². The molecule has 4 atom stereocenters. The average Bonchev–Trinajstić information content (AvgIpc) is 3.49. The highest BCUT2D eigenvalue weighted by Gasteiger charge is 2.45. The van der Waals surface area contributed by atoms with E-state index in [0.29, 0.717) is 55.6 Å². The maximum absolute atomic E-state index is 14.3. The molecule has 2 N–H and O–H groups in total. The Morgan fingerprint density at radius 1 is 1.07 bits per heavy atom. The Kier molecular flexibility index (Phi) is 10.0. The van der Waals surface area contributed by atoms with Crippen molar-refractivity contribution in [1.29, 1.82) is 0 Å². The number of hydrogen-bond donors (Lipinski definition) is 2. The molecule has 3 aliphatic heterocycles. The Balaban J connectivity index is 1.38. The van der Waals surface area contributed by atoms with E-state index in [2.05, 4.69) is 10.3 Å². The van der Waals surface area contributed by atoms with E-state index in [1.165, 1.54) is 4.90 Å². The summed E-state index contributed by atoms with van der Waals surface area (Å²) >= 11 is 0. The highest BCUT2D eigenvalue weighted by atomic mass is 16.5. The molecule has 46 heavy (non-hydrogen) atoms. The summed E-state index contributed by atoms with van der Waals surface area (Å²) in [5.74, 6) is 0.0819. The number of amides is 3. The molecular formula is C34H46N4O8. The number of nitrogens with one attached hydrogen (secondary N) is 1. The fourth-order valence-corrected chi connectivity index (χ4v) is 7.51. The number of methoxy groups -OCH3 is 1. The Morgan fingerprint density at radius 2 is 1.89 bits per heavy atom. The molecule has 4 heterocycles. The van der Waals surface area contributed by atoms with E-state index >= 15 is 0 Å². The fourth-order valence-electron chi connectivity index (χ4n) is 7.51. The first kappa shape index (κ1) is 32.2. The molecule has 6 bridgehead atoms. The van der Waals surface area contributed by atoms with Gasteiger partial charge in [0.15, 0.2) is 0 Å². The summed E-state index contributed by atoms with van der Waals surface area (Å²) in [5, 5.41) is 14.1. The van der Waals surface area contributed by atoms with Gasteiger partial charge in [-0.05, 0) is 63.0 Å². The van der Waals surface area contributed by atoms with Gasteiger partial charge in [0.05, 0.1) is 31.9 Å². The number of urea groups is 1. The van der Waals surface area contributed by atoms with Crippen LogP contribution in [0.15, 0.2) is 18.2 Å². The molecular weight excluding hydrogens is 592 g/mol. The van der Waals surface area contributed by atoms with Crippen LogP contribution >= 0.6 is 0 Å². The van der Waals surface area contributed by atoms with Crippen LogP contribution < -0.4 is 19.5 Å². The zero-order valence-electron chi connectivity index (χ0n) is 26.9. The van der Waals surface area contributed by atoms with Gasteiger partial charge in [0.2, 0.25) is 11.8 Å². The zero-order valence-corrected chi connectivity index (χ0v) is 26.9. The predicted octanol–water partition coefficient (Wildman–Crippen LogP) is 4.16. The lowest BCUT2D eigenvalue weighted by Crippen LogP contribution is -2.58. The third kappa shape index (κ3) is 6.96. The van der Waals surface area contributed by atoms with Crippen LogP contribution in [-0.4, -0.2) is 102 Å². The first-order valence-corrected chi connectivity index (χ1v) is 16.9. The number of rotatable bonds is 5. The van der Waals surface area contributed by atoms with Crippen LogP contribution in [0.3, 0.4) is 0 Å². The van der Waals surface area contributed by atoms with Gasteiger partial charge in [-0.3, -0.25) is 4.79 Å². The maximum Gasteiger partial charge on any atom is 0.326 e. The molecule has 3 amide bonds. The van der Waals surface area contributed by atoms with E-state index in [1.54, 1.807) is 18.1 Å². The minimum atomic E-state index is -1.09. The minimum Gasteiger partial charge on any atom is -0.496 e. The summed E-state index contributed by atoms with van der Waals surface area (Å²) in [7, 11) is 1.63. The van der Waals surface area contributed by atoms with Gasteiger partial charge < -0.3 is 39.2 Å². The van der Waals surface area contributed by atoms with Gasteiger partial charge in [-0.15, -0.1) is 0 Å². The summed E-state index contributed by atoms with van der Waals surface area (Å²) in [6.45, 7) is 3.94. The van der Waals surface area contributed by atoms with E-state index in [0.717, 1.165) is 62.3 Å². The average molecular weight is 639 g/mol. The maximum atomic E-state index is 14.3. The summed E-state index contributed by atoms with van der Waals surface area (Å²) < 4.78 is 24.3. The molecule has 0 spiro atoms. The summed E-state index contributed by atoms with van der Waals surface area (Å²) in [4.78, 5) is 48.4. The van der Waals surface area contributed by atoms with E-state index in [4.69, 9.17) is 18.9 Å². The molecule has 6 rings (SSSR count). The number of carboxylic acids is 1. The third-order valence-corrected chi connectivity index (χ3v) is 9.84. The van der Waals surface area contributed by atoms with Crippen LogP contribution in [0, 0.1) is 5.92 Å². The number of ether oxygens (including phenoxy) is 4. The molecule has 2 saturated heterocycles. The number of aryl methyl sites for hydroxylation is 1. The second-order valence-electron chi connectivity index (χ2n) is 12.9. The highest BCUT2D eigenvalue weighted by Crippen LogP contribution is 2.37. The van der Waals surface area contributed by atoms with Crippen molar-refractivity contribution < 1.29 is 38.4 Å². The zero-order chi connectivity index (χ0) is 32.2. The van der Waals surface area contributed by atoms with Crippen molar-refractivity contribution in [3.63, 3.8) is 0 Å². The smallest absolute Gasteiger partial charge is 0.326 e. The van der Waals surface area contributed by atoms with Crippen molar-refractivity contribution >= 4 is 28.8 Å².